The molecule has 1 rings (SSSR count). The first-order valence-corrected chi connectivity index (χ1v) is 6.83. The number of nitrogens with one attached hydrogen (secondary N) is 1. The van der Waals surface area contributed by atoms with Crippen LogP contribution in [0.4, 0.5) is 0 Å². The van der Waals surface area contributed by atoms with Gasteiger partial charge in [-0.3, -0.25) is 0 Å². The summed E-state index contributed by atoms with van der Waals surface area (Å²) in [4.78, 5) is 0. The summed E-state index contributed by atoms with van der Waals surface area (Å²) in [5.41, 5.74) is -0.199. The van der Waals surface area contributed by atoms with E-state index in [0.29, 0.717) is 12.0 Å². The maximum atomic E-state index is 10.5. The molecule has 0 aromatic carbocycles. The molecule has 1 unspecified atom stereocenters. The third-order valence-corrected chi connectivity index (χ3v) is 4.16. The van der Waals surface area contributed by atoms with E-state index < -0.39 is 5.60 Å². The maximum Gasteiger partial charge on any atom is 0.171 e. The highest BCUT2D eigenvalue weighted by molar-refractivity contribution is 4.91. The molecule has 18 heavy (non-hydrogen) atoms. The summed E-state index contributed by atoms with van der Waals surface area (Å²) in [6.45, 7) is 7.16. The van der Waals surface area contributed by atoms with Crippen LogP contribution in [0, 0.1) is 5.41 Å². The number of methoxy groups -OCH3 is 2. The van der Waals surface area contributed by atoms with Crippen molar-refractivity contribution in [3.63, 3.8) is 0 Å². The van der Waals surface area contributed by atoms with Crippen LogP contribution in [-0.4, -0.2) is 43.8 Å². The summed E-state index contributed by atoms with van der Waals surface area (Å²) in [6.07, 6.45) is 3.62. The fraction of sp³-hybridized carbons (Fsp3) is 1.00. The summed E-state index contributed by atoms with van der Waals surface area (Å²) in [5.74, 6) is 0. The molecule has 1 fully saturated rings. The van der Waals surface area contributed by atoms with Crippen LogP contribution < -0.4 is 5.32 Å². The molecule has 0 aliphatic heterocycles. The molecular weight excluding hydrogens is 230 g/mol. The Morgan fingerprint density at radius 3 is 2.06 bits per heavy atom. The van der Waals surface area contributed by atoms with E-state index >= 15 is 0 Å². The van der Waals surface area contributed by atoms with Crippen LogP contribution in [0.3, 0.4) is 0 Å². The fourth-order valence-electron chi connectivity index (χ4n) is 2.52. The molecule has 4 nitrogen and oxygen atoms in total. The van der Waals surface area contributed by atoms with Gasteiger partial charge in [-0.05, 0) is 38.0 Å². The SMILES string of the molecule is COC(OC)C(C)NCC1(O)CCC(C)(C)CC1. The fourth-order valence-corrected chi connectivity index (χ4v) is 2.52. The van der Waals surface area contributed by atoms with Crippen LogP contribution in [0.5, 0.6) is 0 Å². The second-order valence-electron chi connectivity index (χ2n) is 6.40. The molecule has 0 saturated heterocycles. The highest BCUT2D eigenvalue weighted by Crippen LogP contribution is 2.39. The van der Waals surface area contributed by atoms with E-state index in [9.17, 15) is 5.11 Å². The zero-order valence-corrected chi connectivity index (χ0v) is 12.5. The number of aliphatic hydroxyl groups is 1. The van der Waals surface area contributed by atoms with Gasteiger partial charge in [0.05, 0.1) is 11.6 Å². The van der Waals surface area contributed by atoms with Gasteiger partial charge in [0, 0.05) is 20.8 Å². The van der Waals surface area contributed by atoms with E-state index in [2.05, 4.69) is 19.2 Å². The first-order chi connectivity index (χ1) is 8.32. The van der Waals surface area contributed by atoms with Gasteiger partial charge >= 0.3 is 0 Å². The number of ether oxygens (including phenoxy) is 2. The van der Waals surface area contributed by atoms with Gasteiger partial charge in [0.15, 0.2) is 6.29 Å². The van der Waals surface area contributed by atoms with E-state index in [1.165, 1.54) is 0 Å². The smallest absolute Gasteiger partial charge is 0.171 e. The maximum absolute atomic E-state index is 10.5. The lowest BCUT2D eigenvalue weighted by molar-refractivity contribution is -0.123. The van der Waals surface area contributed by atoms with Crippen molar-refractivity contribution in [1.29, 1.82) is 0 Å². The molecule has 0 amide bonds. The van der Waals surface area contributed by atoms with Gasteiger partial charge in [-0.15, -0.1) is 0 Å². The van der Waals surface area contributed by atoms with E-state index in [1.54, 1.807) is 14.2 Å². The second kappa shape index (κ2) is 6.33. The summed E-state index contributed by atoms with van der Waals surface area (Å²) in [5, 5.41) is 13.9. The molecule has 108 valence electrons. The Hall–Kier alpha value is -0.160. The molecule has 0 aromatic heterocycles. The van der Waals surface area contributed by atoms with Crippen molar-refractivity contribution >= 4 is 0 Å². The average molecular weight is 259 g/mol. The molecule has 0 radical (unpaired) electrons. The van der Waals surface area contributed by atoms with Crippen molar-refractivity contribution in [1.82, 2.24) is 5.32 Å². The van der Waals surface area contributed by atoms with E-state index in [-0.39, 0.29) is 12.3 Å². The molecular formula is C14H29NO3. The van der Waals surface area contributed by atoms with Crippen LogP contribution in [-0.2, 0) is 9.47 Å². The van der Waals surface area contributed by atoms with Crippen molar-refractivity contribution in [2.75, 3.05) is 20.8 Å². The predicted octanol–water partition coefficient (Wildman–Crippen LogP) is 1.91. The van der Waals surface area contributed by atoms with Crippen LogP contribution >= 0.6 is 0 Å². The highest BCUT2D eigenvalue weighted by Gasteiger charge is 2.36. The largest absolute Gasteiger partial charge is 0.389 e. The van der Waals surface area contributed by atoms with Crippen molar-refractivity contribution in [3.05, 3.63) is 0 Å². The van der Waals surface area contributed by atoms with Gasteiger partial charge in [-0.2, -0.15) is 0 Å². The Balaban J connectivity index is 2.39. The summed E-state index contributed by atoms with van der Waals surface area (Å²) < 4.78 is 10.4. The van der Waals surface area contributed by atoms with E-state index in [4.69, 9.17) is 9.47 Å². The monoisotopic (exact) mass is 259 g/mol. The first-order valence-electron chi connectivity index (χ1n) is 6.83. The van der Waals surface area contributed by atoms with Crippen molar-refractivity contribution in [2.24, 2.45) is 5.41 Å². The molecule has 1 aliphatic rings. The van der Waals surface area contributed by atoms with Crippen molar-refractivity contribution < 1.29 is 14.6 Å². The van der Waals surface area contributed by atoms with Crippen LogP contribution in [0.15, 0.2) is 0 Å². The minimum Gasteiger partial charge on any atom is -0.389 e. The number of hydrogen-bond donors (Lipinski definition) is 2. The van der Waals surface area contributed by atoms with Crippen LogP contribution in [0.25, 0.3) is 0 Å². The molecule has 0 heterocycles. The Bertz CT molecular complexity index is 241. The lowest BCUT2D eigenvalue weighted by atomic mass is 9.71. The Morgan fingerprint density at radius 1 is 1.11 bits per heavy atom. The van der Waals surface area contributed by atoms with Gasteiger partial charge in [0.2, 0.25) is 0 Å². The number of rotatable bonds is 6. The Kier molecular flexibility index (Phi) is 5.59. The normalized spacial score (nSPS) is 24.2. The van der Waals surface area contributed by atoms with Gasteiger partial charge < -0.3 is 19.9 Å². The number of hydrogen-bond acceptors (Lipinski definition) is 4. The zero-order valence-electron chi connectivity index (χ0n) is 12.5. The topological polar surface area (TPSA) is 50.7 Å². The standard InChI is InChI=1S/C14H29NO3/c1-11(12(17-4)18-5)15-10-14(16)8-6-13(2,3)7-9-14/h11-12,15-16H,6-10H2,1-5H3. The molecule has 2 N–H and O–H groups in total. The van der Waals surface area contributed by atoms with Gasteiger partial charge in [0.1, 0.15) is 0 Å². The van der Waals surface area contributed by atoms with Gasteiger partial charge in [-0.25, -0.2) is 0 Å². The second-order valence-corrected chi connectivity index (χ2v) is 6.40. The van der Waals surface area contributed by atoms with Gasteiger partial charge in [0.25, 0.3) is 0 Å². The van der Waals surface area contributed by atoms with Gasteiger partial charge in [-0.1, -0.05) is 13.8 Å². The molecule has 1 saturated carbocycles. The lowest BCUT2D eigenvalue weighted by Gasteiger charge is -2.41. The zero-order chi connectivity index (χ0) is 13.8. The van der Waals surface area contributed by atoms with E-state index in [1.807, 2.05) is 6.92 Å². The molecule has 0 spiro atoms. The molecule has 0 aromatic rings. The van der Waals surface area contributed by atoms with Crippen molar-refractivity contribution in [2.45, 2.75) is 64.4 Å². The Labute approximate surface area is 111 Å². The third kappa shape index (κ3) is 4.50. The Morgan fingerprint density at radius 2 is 1.61 bits per heavy atom. The lowest BCUT2D eigenvalue weighted by Crippen LogP contribution is -2.50. The van der Waals surface area contributed by atoms with Crippen LogP contribution in [0.1, 0.15) is 46.5 Å². The molecule has 1 aliphatic carbocycles. The first kappa shape index (κ1) is 15.9. The van der Waals surface area contributed by atoms with E-state index in [0.717, 1.165) is 25.7 Å². The average Bonchev–Trinajstić information content (AvgIpc) is 2.33. The molecule has 0 bridgehead atoms. The van der Waals surface area contributed by atoms with Crippen molar-refractivity contribution in [3.8, 4) is 0 Å². The minimum absolute atomic E-state index is 0.0685. The molecule has 1 atom stereocenters. The summed E-state index contributed by atoms with van der Waals surface area (Å²) in [7, 11) is 3.26. The molecule has 4 heteroatoms. The highest BCUT2D eigenvalue weighted by atomic mass is 16.7. The summed E-state index contributed by atoms with van der Waals surface area (Å²) in [6, 6.07) is 0.0685. The third-order valence-electron chi connectivity index (χ3n) is 4.16. The predicted molar refractivity (Wildman–Crippen MR) is 72.5 cm³/mol. The quantitative estimate of drug-likeness (QED) is 0.716. The van der Waals surface area contributed by atoms with Crippen LogP contribution in [0.2, 0.25) is 0 Å². The summed E-state index contributed by atoms with van der Waals surface area (Å²) >= 11 is 0. The minimum atomic E-state index is -0.574.